The minimum Gasteiger partial charge on any atom is -0.481 e. The Morgan fingerprint density at radius 1 is 1.30 bits per heavy atom. The molecule has 0 saturated carbocycles. The zero-order valence-electron chi connectivity index (χ0n) is 12.4. The zero-order chi connectivity index (χ0) is 16.4. The number of ether oxygens (including phenoxy) is 1. The van der Waals surface area contributed by atoms with Gasteiger partial charge in [-0.15, -0.1) is 0 Å². The van der Waals surface area contributed by atoms with Crippen molar-refractivity contribution in [3.8, 4) is 5.88 Å². The van der Waals surface area contributed by atoms with E-state index in [4.69, 9.17) is 4.74 Å². The maximum atomic E-state index is 13.0. The molecule has 1 aliphatic heterocycles. The van der Waals surface area contributed by atoms with Gasteiger partial charge in [-0.05, 0) is 24.5 Å². The Hall–Kier alpha value is -2.38. The average molecular weight is 324 g/mol. The predicted octanol–water partition coefficient (Wildman–Crippen LogP) is 3.24. The van der Waals surface area contributed by atoms with E-state index in [1.807, 2.05) is 6.07 Å². The number of halogens is 3. The van der Waals surface area contributed by atoms with Crippen LogP contribution in [0.5, 0.6) is 5.88 Å². The Morgan fingerprint density at radius 3 is 2.78 bits per heavy atom. The minimum absolute atomic E-state index is 0.0306. The third-order valence-electron chi connectivity index (χ3n) is 3.77. The first kappa shape index (κ1) is 15.5. The van der Waals surface area contributed by atoms with Crippen molar-refractivity contribution in [2.75, 3.05) is 18.6 Å². The molecule has 1 aliphatic rings. The molecule has 1 atom stereocenters. The number of methoxy groups -OCH3 is 1. The van der Waals surface area contributed by atoms with Gasteiger partial charge in [0.1, 0.15) is 0 Å². The second-order valence-electron chi connectivity index (χ2n) is 5.23. The summed E-state index contributed by atoms with van der Waals surface area (Å²) in [6.07, 6.45) is 0.490. The lowest BCUT2D eigenvalue weighted by molar-refractivity contribution is -0.141. The van der Waals surface area contributed by atoms with Crippen LogP contribution in [-0.4, -0.2) is 28.6 Å². The number of alkyl halides is 3. The van der Waals surface area contributed by atoms with Crippen molar-refractivity contribution in [2.24, 2.45) is 0 Å². The molecule has 23 heavy (non-hydrogen) atoms. The highest BCUT2D eigenvalue weighted by Gasteiger charge is 2.36. The van der Waals surface area contributed by atoms with E-state index in [-0.39, 0.29) is 17.9 Å². The third-order valence-corrected chi connectivity index (χ3v) is 3.77. The highest BCUT2D eigenvalue weighted by Crippen LogP contribution is 2.37. The van der Waals surface area contributed by atoms with Crippen molar-refractivity contribution in [1.29, 1.82) is 0 Å². The van der Waals surface area contributed by atoms with E-state index < -0.39 is 11.9 Å². The summed E-state index contributed by atoms with van der Waals surface area (Å²) in [7, 11) is 1.29. The van der Waals surface area contributed by atoms with E-state index in [0.717, 1.165) is 24.5 Å². The van der Waals surface area contributed by atoms with Gasteiger partial charge in [0.2, 0.25) is 11.8 Å². The summed E-state index contributed by atoms with van der Waals surface area (Å²) in [5, 5.41) is 0. The highest BCUT2D eigenvalue weighted by molar-refractivity contribution is 5.40. The Morgan fingerprint density at radius 2 is 2.13 bits per heavy atom. The number of rotatable bonds is 3. The maximum Gasteiger partial charge on any atom is 0.433 e. The van der Waals surface area contributed by atoms with E-state index >= 15 is 0 Å². The molecule has 8 heteroatoms. The molecule has 2 aromatic rings. The smallest absolute Gasteiger partial charge is 0.433 e. The third kappa shape index (κ3) is 3.20. The minimum atomic E-state index is -4.55. The highest BCUT2D eigenvalue weighted by atomic mass is 19.4. The monoisotopic (exact) mass is 324 g/mol. The van der Waals surface area contributed by atoms with Crippen LogP contribution in [-0.2, 0) is 6.18 Å². The fraction of sp³-hybridized carbons (Fsp3) is 0.400. The number of nitrogens with zero attached hydrogens (tertiary/aromatic N) is 4. The van der Waals surface area contributed by atoms with Crippen LogP contribution in [0.25, 0.3) is 0 Å². The summed E-state index contributed by atoms with van der Waals surface area (Å²) in [5.74, 6) is -0.0674. The van der Waals surface area contributed by atoms with Gasteiger partial charge in [-0.2, -0.15) is 18.2 Å². The molecule has 2 aromatic heterocycles. The van der Waals surface area contributed by atoms with E-state index in [1.165, 1.54) is 7.11 Å². The Labute approximate surface area is 131 Å². The largest absolute Gasteiger partial charge is 0.481 e. The molecule has 5 nitrogen and oxygen atoms in total. The van der Waals surface area contributed by atoms with Gasteiger partial charge >= 0.3 is 6.18 Å². The van der Waals surface area contributed by atoms with Crippen LogP contribution in [0.2, 0.25) is 0 Å². The van der Waals surface area contributed by atoms with Crippen molar-refractivity contribution in [2.45, 2.75) is 25.1 Å². The van der Waals surface area contributed by atoms with Gasteiger partial charge in [0.05, 0.1) is 13.2 Å². The molecule has 0 spiro atoms. The summed E-state index contributed by atoms with van der Waals surface area (Å²) < 4.78 is 44.0. The van der Waals surface area contributed by atoms with Gasteiger partial charge in [0.15, 0.2) is 5.69 Å². The van der Waals surface area contributed by atoms with Gasteiger partial charge < -0.3 is 9.64 Å². The molecule has 0 radical (unpaired) electrons. The molecule has 3 heterocycles. The van der Waals surface area contributed by atoms with E-state index in [2.05, 4.69) is 15.0 Å². The first-order valence-corrected chi connectivity index (χ1v) is 7.16. The zero-order valence-corrected chi connectivity index (χ0v) is 12.4. The fourth-order valence-electron chi connectivity index (χ4n) is 2.72. The second-order valence-corrected chi connectivity index (χ2v) is 5.23. The van der Waals surface area contributed by atoms with Gasteiger partial charge in [0, 0.05) is 25.0 Å². The van der Waals surface area contributed by atoms with Gasteiger partial charge in [-0.3, -0.25) is 4.98 Å². The van der Waals surface area contributed by atoms with Crippen molar-refractivity contribution in [3.05, 3.63) is 41.9 Å². The predicted molar refractivity (Wildman–Crippen MR) is 77.1 cm³/mol. The summed E-state index contributed by atoms with van der Waals surface area (Å²) in [6.45, 7) is 0.587. The van der Waals surface area contributed by atoms with Crippen molar-refractivity contribution >= 4 is 5.95 Å². The Balaban J connectivity index is 2.00. The SMILES string of the molecule is COc1cc(C(F)(F)F)nc(N2CCCC2c2cccnc2)n1. The van der Waals surface area contributed by atoms with Crippen molar-refractivity contribution in [1.82, 2.24) is 15.0 Å². The fourth-order valence-corrected chi connectivity index (χ4v) is 2.72. The number of pyridine rings is 1. The van der Waals surface area contributed by atoms with Gasteiger partial charge in [0.25, 0.3) is 0 Å². The molecule has 0 aromatic carbocycles. The summed E-state index contributed by atoms with van der Waals surface area (Å²) in [5.41, 5.74) is -0.0684. The number of aromatic nitrogens is 3. The van der Waals surface area contributed by atoms with Crippen LogP contribution in [0.3, 0.4) is 0 Å². The van der Waals surface area contributed by atoms with Crippen molar-refractivity contribution < 1.29 is 17.9 Å². The number of anilines is 1. The molecule has 1 fully saturated rings. The molecule has 122 valence electrons. The lowest BCUT2D eigenvalue weighted by Gasteiger charge is -2.25. The van der Waals surface area contributed by atoms with Crippen LogP contribution < -0.4 is 9.64 Å². The first-order valence-electron chi connectivity index (χ1n) is 7.16. The normalized spacial score (nSPS) is 18.3. The van der Waals surface area contributed by atoms with Gasteiger partial charge in [-0.25, -0.2) is 4.98 Å². The maximum absolute atomic E-state index is 13.0. The molecule has 1 unspecified atom stereocenters. The summed E-state index contributed by atoms with van der Waals surface area (Å²) in [4.78, 5) is 13.6. The molecule has 0 amide bonds. The average Bonchev–Trinajstić information content (AvgIpc) is 3.04. The lowest BCUT2D eigenvalue weighted by atomic mass is 10.1. The van der Waals surface area contributed by atoms with Crippen molar-refractivity contribution in [3.63, 3.8) is 0 Å². The molecule has 0 N–H and O–H groups in total. The second kappa shape index (κ2) is 6.02. The lowest BCUT2D eigenvalue weighted by Crippen LogP contribution is -2.26. The first-order chi connectivity index (χ1) is 11.0. The van der Waals surface area contributed by atoms with E-state index in [9.17, 15) is 13.2 Å². The molecular weight excluding hydrogens is 309 g/mol. The van der Waals surface area contributed by atoms with Crippen LogP contribution in [0.1, 0.15) is 30.1 Å². The standard InChI is InChI=1S/C15H15F3N4O/c1-23-13-8-12(15(16,17)18)20-14(21-13)22-7-3-5-11(22)10-4-2-6-19-9-10/h2,4,6,8-9,11H,3,5,7H2,1H3. The van der Waals surface area contributed by atoms with Crippen LogP contribution in [0.4, 0.5) is 19.1 Å². The Kier molecular flexibility index (Phi) is 4.06. The number of hydrogen-bond donors (Lipinski definition) is 0. The molecule has 3 rings (SSSR count). The van der Waals surface area contributed by atoms with Crippen LogP contribution in [0.15, 0.2) is 30.6 Å². The Bertz CT molecular complexity index is 678. The molecule has 1 saturated heterocycles. The molecule has 0 aliphatic carbocycles. The van der Waals surface area contributed by atoms with E-state index in [1.54, 1.807) is 23.4 Å². The van der Waals surface area contributed by atoms with Gasteiger partial charge in [-0.1, -0.05) is 6.07 Å². The van der Waals surface area contributed by atoms with Crippen LogP contribution >= 0.6 is 0 Å². The summed E-state index contributed by atoms with van der Waals surface area (Å²) in [6, 6.07) is 4.43. The molecular formula is C15H15F3N4O. The van der Waals surface area contributed by atoms with Crippen LogP contribution in [0, 0.1) is 0 Å². The summed E-state index contributed by atoms with van der Waals surface area (Å²) >= 11 is 0. The quantitative estimate of drug-likeness (QED) is 0.867. The molecule has 0 bridgehead atoms. The van der Waals surface area contributed by atoms with E-state index in [0.29, 0.717) is 6.54 Å². The number of hydrogen-bond acceptors (Lipinski definition) is 5. The topological polar surface area (TPSA) is 51.1 Å².